The van der Waals surface area contributed by atoms with Crippen LogP contribution >= 0.6 is 11.6 Å². The molecule has 1 N–H and O–H groups in total. The second-order valence-corrected chi connectivity index (χ2v) is 3.21. The average molecular weight is 189 g/mol. The molecular weight excluding hydrogens is 179 g/mol. The normalized spacial score (nSPS) is 13.1. The molecule has 0 amide bonds. The van der Waals surface area contributed by atoms with Gasteiger partial charge in [0, 0.05) is 10.6 Å². The first-order valence-corrected chi connectivity index (χ1v) is 4.03. The maximum Gasteiger partial charge on any atom is 0.130 e. The van der Waals surface area contributed by atoms with E-state index in [-0.39, 0.29) is 5.56 Å². The smallest absolute Gasteiger partial charge is 0.130 e. The standard InChI is InChI=1S/C9H10ClFO/c1-5-3-7(6(2)12)9(11)4-8(5)10/h3-4,6,12H,1-2H3. The van der Waals surface area contributed by atoms with Crippen LogP contribution in [0.15, 0.2) is 12.1 Å². The van der Waals surface area contributed by atoms with Gasteiger partial charge in [-0.3, -0.25) is 0 Å². The highest BCUT2D eigenvalue weighted by atomic mass is 35.5. The van der Waals surface area contributed by atoms with E-state index in [9.17, 15) is 4.39 Å². The third kappa shape index (κ3) is 1.76. The van der Waals surface area contributed by atoms with E-state index in [2.05, 4.69) is 0 Å². The Balaban J connectivity index is 3.23. The van der Waals surface area contributed by atoms with Crippen molar-refractivity contribution in [2.45, 2.75) is 20.0 Å². The molecule has 1 aromatic carbocycles. The lowest BCUT2D eigenvalue weighted by Gasteiger charge is -2.08. The van der Waals surface area contributed by atoms with Crippen LogP contribution in [0.1, 0.15) is 24.2 Å². The summed E-state index contributed by atoms with van der Waals surface area (Å²) >= 11 is 5.67. The molecule has 1 atom stereocenters. The molecule has 0 saturated carbocycles. The van der Waals surface area contributed by atoms with Gasteiger partial charge in [0.15, 0.2) is 0 Å². The Hall–Kier alpha value is -0.600. The van der Waals surface area contributed by atoms with Gasteiger partial charge >= 0.3 is 0 Å². The van der Waals surface area contributed by atoms with Crippen molar-refractivity contribution in [2.24, 2.45) is 0 Å². The summed E-state index contributed by atoms with van der Waals surface area (Å²) in [7, 11) is 0. The number of hydrogen-bond donors (Lipinski definition) is 1. The monoisotopic (exact) mass is 188 g/mol. The van der Waals surface area contributed by atoms with Crippen molar-refractivity contribution in [1.29, 1.82) is 0 Å². The lowest BCUT2D eigenvalue weighted by molar-refractivity contribution is 0.194. The first-order valence-electron chi connectivity index (χ1n) is 3.66. The first-order chi connectivity index (χ1) is 5.52. The molecule has 1 unspecified atom stereocenters. The summed E-state index contributed by atoms with van der Waals surface area (Å²) in [6.07, 6.45) is -0.791. The topological polar surface area (TPSA) is 20.2 Å². The zero-order valence-electron chi connectivity index (χ0n) is 6.94. The fourth-order valence-corrected chi connectivity index (χ4v) is 1.15. The highest BCUT2D eigenvalue weighted by Crippen LogP contribution is 2.23. The molecule has 1 rings (SSSR count). The van der Waals surface area contributed by atoms with Gasteiger partial charge in [-0.25, -0.2) is 4.39 Å². The third-order valence-electron chi connectivity index (χ3n) is 1.73. The molecule has 0 aliphatic carbocycles. The summed E-state index contributed by atoms with van der Waals surface area (Å²) in [4.78, 5) is 0. The Morgan fingerprint density at radius 1 is 1.50 bits per heavy atom. The van der Waals surface area contributed by atoms with Crippen molar-refractivity contribution in [2.75, 3.05) is 0 Å². The van der Waals surface area contributed by atoms with Crippen molar-refractivity contribution in [3.8, 4) is 0 Å². The van der Waals surface area contributed by atoms with E-state index in [0.29, 0.717) is 5.02 Å². The van der Waals surface area contributed by atoms with Gasteiger partial charge in [0.1, 0.15) is 5.82 Å². The quantitative estimate of drug-likeness (QED) is 0.719. The van der Waals surface area contributed by atoms with Crippen molar-refractivity contribution < 1.29 is 9.50 Å². The summed E-state index contributed by atoms with van der Waals surface area (Å²) < 4.78 is 13.0. The van der Waals surface area contributed by atoms with Crippen LogP contribution in [-0.2, 0) is 0 Å². The SMILES string of the molecule is Cc1cc(C(C)O)c(F)cc1Cl. The molecule has 0 bridgehead atoms. The second kappa shape index (κ2) is 3.42. The number of aryl methyl sites for hydroxylation is 1. The van der Waals surface area contributed by atoms with Gasteiger partial charge in [-0.05, 0) is 31.5 Å². The number of hydrogen-bond acceptors (Lipinski definition) is 1. The van der Waals surface area contributed by atoms with Crippen LogP contribution in [-0.4, -0.2) is 5.11 Å². The van der Waals surface area contributed by atoms with Gasteiger partial charge in [-0.1, -0.05) is 11.6 Å². The zero-order valence-corrected chi connectivity index (χ0v) is 7.69. The molecule has 66 valence electrons. The Bertz CT molecular complexity index is 297. The largest absolute Gasteiger partial charge is 0.389 e. The van der Waals surface area contributed by atoms with Crippen molar-refractivity contribution in [3.05, 3.63) is 34.1 Å². The highest BCUT2D eigenvalue weighted by molar-refractivity contribution is 6.31. The molecule has 0 fully saturated rings. The molecule has 1 aromatic rings. The van der Waals surface area contributed by atoms with Gasteiger partial charge in [-0.2, -0.15) is 0 Å². The van der Waals surface area contributed by atoms with E-state index in [1.54, 1.807) is 13.0 Å². The molecule has 0 aliphatic rings. The molecule has 0 saturated heterocycles. The number of aliphatic hydroxyl groups is 1. The van der Waals surface area contributed by atoms with E-state index in [1.165, 1.54) is 13.0 Å². The lowest BCUT2D eigenvalue weighted by Crippen LogP contribution is -1.96. The van der Waals surface area contributed by atoms with E-state index >= 15 is 0 Å². The number of benzene rings is 1. The van der Waals surface area contributed by atoms with Crippen LogP contribution in [0.2, 0.25) is 5.02 Å². The maximum atomic E-state index is 13.0. The van der Waals surface area contributed by atoms with E-state index in [1.807, 2.05) is 0 Å². The number of halogens is 2. The van der Waals surface area contributed by atoms with Crippen molar-refractivity contribution in [1.82, 2.24) is 0 Å². The summed E-state index contributed by atoms with van der Waals surface area (Å²) in [5.41, 5.74) is 1.06. The summed E-state index contributed by atoms with van der Waals surface area (Å²) in [5.74, 6) is -0.458. The minimum Gasteiger partial charge on any atom is -0.389 e. The fourth-order valence-electron chi connectivity index (χ4n) is 1.000. The average Bonchev–Trinajstić information content (AvgIpc) is 1.96. The third-order valence-corrected chi connectivity index (χ3v) is 2.14. The first kappa shape index (κ1) is 9.49. The van der Waals surface area contributed by atoms with Crippen molar-refractivity contribution in [3.63, 3.8) is 0 Å². The molecule has 12 heavy (non-hydrogen) atoms. The molecule has 3 heteroatoms. The molecule has 0 aromatic heterocycles. The zero-order chi connectivity index (χ0) is 9.30. The number of aliphatic hydroxyl groups excluding tert-OH is 1. The molecule has 0 aliphatic heterocycles. The number of rotatable bonds is 1. The van der Waals surface area contributed by atoms with E-state index in [4.69, 9.17) is 16.7 Å². The minimum absolute atomic E-state index is 0.289. The maximum absolute atomic E-state index is 13.0. The van der Waals surface area contributed by atoms with Crippen LogP contribution in [0.4, 0.5) is 4.39 Å². The summed E-state index contributed by atoms with van der Waals surface area (Å²) in [6.45, 7) is 3.29. The Labute approximate surface area is 75.8 Å². The summed E-state index contributed by atoms with van der Waals surface area (Å²) in [6, 6.07) is 2.78. The van der Waals surface area contributed by atoms with E-state index < -0.39 is 11.9 Å². The van der Waals surface area contributed by atoms with Crippen LogP contribution in [0.3, 0.4) is 0 Å². The van der Waals surface area contributed by atoms with Crippen LogP contribution in [0.5, 0.6) is 0 Å². The molecular formula is C9H10ClFO. The van der Waals surface area contributed by atoms with Crippen LogP contribution in [0, 0.1) is 12.7 Å². The Kier molecular flexibility index (Phi) is 2.70. The van der Waals surface area contributed by atoms with Gasteiger partial charge < -0.3 is 5.11 Å². The Morgan fingerprint density at radius 2 is 2.08 bits per heavy atom. The molecule has 0 radical (unpaired) electrons. The lowest BCUT2D eigenvalue weighted by atomic mass is 10.1. The van der Waals surface area contributed by atoms with Crippen LogP contribution < -0.4 is 0 Å². The van der Waals surface area contributed by atoms with Gasteiger partial charge in [0.05, 0.1) is 6.10 Å². The molecule has 0 heterocycles. The molecule has 1 nitrogen and oxygen atoms in total. The minimum atomic E-state index is -0.791. The van der Waals surface area contributed by atoms with Gasteiger partial charge in [-0.15, -0.1) is 0 Å². The highest BCUT2D eigenvalue weighted by Gasteiger charge is 2.09. The Morgan fingerprint density at radius 3 is 2.58 bits per heavy atom. The van der Waals surface area contributed by atoms with Crippen molar-refractivity contribution >= 4 is 11.6 Å². The predicted octanol–water partition coefficient (Wildman–Crippen LogP) is 2.84. The summed E-state index contributed by atoms with van der Waals surface area (Å²) in [5, 5.41) is 9.52. The molecule has 0 spiro atoms. The van der Waals surface area contributed by atoms with Gasteiger partial charge in [0.25, 0.3) is 0 Å². The second-order valence-electron chi connectivity index (χ2n) is 2.80. The van der Waals surface area contributed by atoms with Crippen LogP contribution in [0.25, 0.3) is 0 Å². The fraction of sp³-hybridized carbons (Fsp3) is 0.333. The van der Waals surface area contributed by atoms with E-state index in [0.717, 1.165) is 5.56 Å². The van der Waals surface area contributed by atoms with Gasteiger partial charge in [0.2, 0.25) is 0 Å². The predicted molar refractivity (Wildman–Crippen MR) is 46.8 cm³/mol.